The maximum absolute atomic E-state index is 12.0. The molecule has 0 fully saturated rings. The molecule has 1 aromatic heterocycles. The van der Waals surface area contributed by atoms with Gasteiger partial charge in [-0.3, -0.25) is 0 Å². The van der Waals surface area contributed by atoms with E-state index < -0.39 is 10.0 Å². The lowest BCUT2D eigenvalue weighted by Crippen LogP contribution is -2.19. The SMILES string of the molecule is CNS(=O)(=O)c1cc(N)ccc1Sc1nccn1C. The highest BCUT2D eigenvalue weighted by atomic mass is 32.2. The maximum atomic E-state index is 12.0. The molecular formula is C11H14N4O2S2. The van der Waals surface area contributed by atoms with Crippen molar-refractivity contribution in [2.24, 2.45) is 7.05 Å². The number of anilines is 1. The van der Waals surface area contributed by atoms with Crippen LogP contribution in [0.5, 0.6) is 0 Å². The first-order chi connectivity index (χ1) is 8.94. The largest absolute Gasteiger partial charge is 0.399 e. The number of nitrogens with zero attached hydrogens (tertiary/aromatic N) is 2. The second-order valence-electron chi connectivity index (χ2n) is 3.84. The van der Waals surface area contributed by atoms with Crippen LogP contribution in [0.1, 0.15) is 0 Å². The number of imidazole rings is 1. The van der Waals surface area contributed by atoms with Crippen molar-refractivity contribution in [3.05, 3.63) is 30.6 Å². The highest BCUT2D eigenvalue weighted by Crippen LogP contribution is 2.32. The van der Waals surface area contributed by atoms with Gasteiger partial charge in [-0.1, -0.05) is 11.8 Å². The molecule has 0 saturated heterocycles. The Labute approximate surface area is 116 Å². The van der Waals surface area contributed by atoms with Crippen LogP contribution >= 0.6 is 11.8 Å². The number of benzene rings is 1. The molecule has 6 nitrogen and oxygen atoms in total. The molecular weight excluding hydrogens is 284 g/mol. The maximum Gasteiger partial charge on any atom is 0.241 e. The molecule has 0 aliphatic rings. The molecule has 3 N–H and O–H groups in total. The first-order valence-electron chi connectivity index (χ1n) is 5.42. The molecule has 0 saturated carbocycles. The molecule has 0 aliphatic heterocycles. The van der Waals surface area contributed by atoms with Crippen molar-refractivity contribution in [1.82, 2.24) is 14.3 Å². The molecule has 0 amide bonds. The van der Waals surface area contributed by atoms with Crippen LogP contribution in [-0.2, 0) is 17.1 Å². The van der Waals surface area contributed by atoms with Crippen molar-refractivity contribution >= 4 is 27.5 Å². The summed E-state index contributed by atoms with van der Waals surface area (Å²) in [5.41, 5.74) is 6.06. The van der Waals surface area contributed by atoms with Crippen LogP contribution in [0, 0.1) is 0 Å². The fraction of sp³-hybridized carbons (Fsp3) is 0.182. The van der Waals surface area contributed by atoms with Crippen LogP contribution in [0.4, 0.5) is 5.69 Å². The van der Waals surface area contributed by atoms with E-state index in [1.54, 1.807) is 24.5 Å². The van der Waals surface area contributed by atoms with Gasteiger partial charge in [0.25, 0.3) is 0 Å². The summed E-state index contributed by atoms with van der Waals surface area (Å²) in [6.45, 7) is 0. The molecule has 0 radical (unpaired) electrons. The van der Waals surface area contributed by atoms with Crippen molar-refractivity contribution in [2.75, 3.05) is 12.8 Å². The Morgan fingerprint density at radius 3 is 2.74 bits per heavy atom. The summed E-state index contributed by atoms with van der Waals surface area (Å²) >= 11 is 1.28. The number of hydrogen-bond donors (Lipinski definition) is 2. The molecule has 0 bridgehead atoms. The zero-order valence-corrected chi connectivity index (χ0v) is 12.1. The van der Waals surface area contributed by atoms with Crippen molar-refractivity contribution in [2.45, 2.75) is 14.9 Å². The lowest BCUT2D eigenvalue weighted by atomic mass is 10.3. The standard InChI is InChI=1S/C11H14N4O2S2/c1-13-19(16,17)10-7-8(12)3-4-9(10)18-11-14-5-6-15(11)2/h3-7,13H,12H2,1-2H3. The van der Waals surface area contributed by atoms with Gasteiger partial charge in [0.05, 0.1) is 4.90 Å². The number of rotatable bonds is 4. The van der Waals surface area contributed by atoms with Crippen molar-refractivity contribution in [3.8, 4) is 0 Å². The normalized spacial score (nSPS) is 11.7. The van der Waals surface area contributed by atoms with Crippen LogP contribution in [0.3, 0.4) is 0 Å². The second kappa shape index (κ2) is 5.24. The molecule has 1 heterocycles. The summed E-state index contributed by atoms with van der Waals surface area (Å²) in [4.78, 5) is 4.90. The van der Waals surface area contributed by atoms with Gasteiger partial charge in [0, 0.05) is 30.0 Å². The van der Waals surface area contributed by atoms with E-state index in [1.165, 1.54) is 24.9 Å². The van der Waals surface area contributed by atoms with Crippen LogP contribution in [0.25, 0.3) is 0 Å². The Bertz CT molecular complexity index is 694. The summed E-state index contributed by atoms with van der Waals surface area (Å²) in [5, 5.41) is 0.706. The van der Waals surface area contributed by atoms with Gasteiger partial charge in [-0.25, -0.2) is 18.1 Å². The molecule has 0 aliphatic carbocycles. The highest BCUT2D eigenvalue weighted by Gasteiger charge is 2.18. The monoisotopic (exact) mass is 298 g/mol. The Kier molecular flexibility index (Phi) is 3.83. The number of sulfonamides is 1. The molecule has 2 rings (SSSR count). The van der Waals surface area contributed by atoms with Gasteiger partial charge in [-0.2, -0.15) is 0 Å². The van der Waals surface area contributed by atoms with Gasteiger partial charge < -0.3 is 10.3 Å². The lowest BCUT2D eigenvalue weighted by Gasteiger charge is -2.10. The van der Waals surface area contributed by atoms with E-state index in [1.807, 2.05) is 11.6 Å². The third-order valence-electron chi connectivity index (χ3n) is 2.50. The zero-order chi connectivity index (χ0) is 14.0. The van der Waals surface area contributed by atoms with E-state index in [0.29, 0.717) is 15.7 Å². The molecule has 0 spiro atoms. The summed E-state index contributed by atoms with van der Waals surface area (Å²) in [6, 6.07) is 4.79. The van der Waals surface area contributed by atoms with Gasteiger partial charge >= 0.3 is 0 Å². The van der Waals surface area contributed by atoms with Crippen LogP contribution in [0.15, 0.2) is 45.5 Å². The summed E-state index contributed by atoms with van der Waals surface area (Å²) in [6.07, 6.45) is 3.46. The minimum absolute atomic E-state index is 0.156. The quantitative estimate of drug-likeness (QED) is 0.824. The van der Waals surface area contributed by atoms with E-state index in [-0.39, 0.29) is 4.90 Å². The van der Waals surface area contributed by atoms with Gasteiger partial charge in [0.2, 0.25) is 10.0 Å². The van der Waals surface area contributed by atoms with Crippen LogP contribution in [-0.4, -0.2) is 25.0 Å². The van der Waals surface area contributed by atoms with Crippen LogP contribution in [0.2, 0.25) is 0 Å². The summed E-state index contributed by atoms with van der Waals surface area (Å²) in [5.74, 6) is 0. The van der Waals surface area contributed by atoms with Crippen molar-refractivity contribution < 1.29 is 8.42 Å². The average Bonchev–Trinajstić information content (AvgIpc) is 2.77. The fourth-order valence-corrected chi connectivity index (χ4v) is 3.59. The number of nitrogens with two attached hydrogens (primary N) is 1. The summed E-state index contributed by atoms with van der Waals surface area (Å²) in [7, 11) is -0.340. The minimum atomic E-state index is -3.56. The number of nitrogen functional groups attached to an aromatic ring is 1. The lowest BCUT2D eigenvalue weighted by molar-refractivity contribution is 0.586. The van der Waals surface area contributed by atoms with Gasteiger partial charge in [0.1, 0.15) is 0 Å². The number of aromatic nitrogens is 2. The number of nitrogens with one attached hydrogen (secondary N) is 1. The predicted octanol–water partition coefficient (Wildman–Crippen LogP) is 1.06. The topological polar surface area (TPSA) is 90.0 Å². The first kappa shape index (κ1) is 13.9. The minimum Gasteiger partial charge on any atom is -0.399 e. The average molecular weight is 298 g/mol. The van der Waals surface area contributed by atoms with E-state index in [0.717, 1.165) is 0 Å². The van der Waals surface area contributed by atoms with E-state index in [9.17, 15) is 8.42 Å². The van der Waals surface area contributed by atoms with E-state index >= 15 is 0 Å². The van der Waals surface area contributed by atoms with E-state index in [4.69, 9.17) is 5.73 Å². The van der Waals surface area contributed by atoms with Gasteiger partial charge in [0.15, 0.2) is 5.16 Å². The summed E-state index contributed by atoms with van der Waals surface area (Å²) < 4.78 is 28.1. The molecule has 0 atom stereocenters. The predicted molar refractivity (Wildman–Crippen MR) is 74.4 cm³/mol. The first-order valence-corrected chi connectivity index (χ1v) is 7.72. The Balaban J connectivity index is 2.49. The highest BCUT2D eigenvalue weighted by molar-refractivity contribution is 8.00. The molecule has 0 unspecified atom stereocenters. The molecule has 102 valence electrons. The van der Waals surface area contributed by atoms with Gasteiger partial charge in [-0.05, 0) is 25.2 Å². The molecule has 2 aromatic rings. The molecule has 19 heavy (non-hydrogen) atoms. The Hall–Kier alpha value is -1.51. The molecule has 1 aromatic carbocycles. The Morgan fingerprint density at radius 2 is 2.16 bits per heavy atom. The fourth-order valence-electron chi connectivity index (χ4n) is 1.48. The Morgan fingerprint density at radius 1 is 1.42 bits per heavy atom. The third-order valence-corrected chi connectivity index (χ3v) is 5.24. The third kappa shape index (κ3) is 2.91. The number of hydrogen-bond acceptors (Lipinski definition) is 5. The van der Waals surface area contributed by atoms with Crippen molar-refractivity contribution in [3.63, 3.8) is 0 Å². The molecule has 8 heteroatoms. The van der Waals surface area contributed by atoms with E-state index in [2.05, 4.69) is 9.71 Å². The number of aryl methyl sites for hydroxylation is 1. The second-order valence-corrected chi connectivity index (χ2v) is 6.70. The van der Waals surface area contributed by atoms with Crippen LogP contribution < -0.4 is 10.5 Å². The smallest absolute Gasteiger partial charge is 0.241 e. The van der Waals surface area contributed by atoms with Crippen molar-refractivity contribution in [1.29, 1.82) is 0 Å². The zero-order valence-electron chi connectivity index (χ0n) is 10.5. The van der Waals surface area contributed by atoms with Gasteiger partial charge in [-0.15, -0.1) is 0 Å².